The molecule has 0 N–H and O–H groups in total. The molecule has 1 aliphatic heterocycles. The van der Waals surface area contributed by atoms with Crippen molar-refractivity contribution >= 4 is 23.4 Å². The van der Waals surface area contributed by atoms with Crippen LogP contribution in [-0.2, 0) is 9.53 Å². The van der Waals surface area contributed by atoms with Gasteiger partial charge >= 0.3 is 5.97 Å². The highest BCUT2D eigenvalue weighted by molar-refractivity contribution is 7.07. The van der Waals surface area contributed by atoms with E-state index < -0.39 is 12.0 Å². The number of rotatable bonds is 6. The Morgan fingerprint density at radius 1 is 1.00 bits per heavy atom. The standard InChI is InChI=1S/C25H24N2O6S/c1-14-21(24(29)33-5)22(15-6-8-17(30-2)9-7-15)27-23(28)20(34-25(27)26-14)13-16-12-18(31-3)10-11-19(16)32-4/h6-13,22H,1-5H3/b20-13-/t22-/m1/s1. The molecule has 1 atom stereocenters. The minimum Gasteiger partial charge on any atom is -0.497 e. The van der Waals surface area contributed by atoms with Crippen molar-refractivity contribution < 1.29 is 23.7 Å². The van der Waals surface area contributed by atoms with Gasteiger partial charge in [-0.1, -0.05) is 23.5 Å². The van der Waals surface area contributed by atoms with E-state index in [9.17, 15) is 9.59 Å². The van der Waals surface area contributed by atoms with Crippen molar-refractivity contribution in [2.45, 2.75) is 13.0 Å². The van der Waals surface area contributed by atoms with Crippen molar-refractivity contribution in [1.29, 1.82) is 0 Å². The molecule has 0 saturated carbocycles. The predicted octanol–water partition coefficient (Wildman–Crippen LogP) is 2.43. The van der Waals surface area contributed by atoms with Crippen molar-refractivity contribution in [1.82, 2.24) is 4.57 Å². The molecule has 0 fully saturated rings. The topological polar surface area (TPSA) is 88.4 Å². The molecule has 4 rings (SSSR count). The molecule has 2 heterocycles. The van der Waals surface area contributed by atoms with Crippen molar-refractivity contribution in [3.63, 3.8) is 0 Å². The number of carbonyl (C=O) groups excluding carboxylic acids is 1. The summed E-state index contributed by atoms with van der Waals surface area (Å²) in [5.74, 6) is 1.37. The van der Waals surface area contributed by atoms with Gasteiger partial charge in [-0.3, -0.25) is 9.36 Å². The molecule has 2 aromatic carbocycles. The average molecular weight is 481 g/mol. The van der Waals surface area contributed by atoms with E-state index in [1.807, 2.05) is 12.1 Å². The maximum Gasteiger partial charge on any atom is 0.338 e. The highest BCUT2D eigenvalue weighted by Gasteiger charge is 2.33. The lowest BCUT2D eigenvalue weighted by Gasteiger charge is -2.24. The Morgan fingerprint density at radius 3 is 2.29 bits per heavy atom. The summed E-state index contributed by atoms with van der Waals surface area (Å²) in [7, 11) is 6.03. The third kappa shape index (κ3) is 4.10. The highest BCUT2D eigenvalue weighted by Crippen LogP contribution is 2.31. The number of fused-ring (bicyclic) bond motifs is 1. The fraction of sp³-hybridized carbons (Fsp3) is 0.240. The van der Waals surface area contributed by atoms with Gasteiger partial charge in [0.1, 0.15) is 17.2 Å². The van der Waals surface area contributed by atoms with Gasteiger partial charge in [-0.2, -0.15) is 0 Å². The van der Waals surface area contributed by atoms with E-state index in [-0.39, 0.29) is 5.56 Å². The smallest absolute Gasteiger partial charge is 0.338 e. The summed E-state index contributed by atoms with van der Waals surface area (Å²) >= 11 is 1.24. The zero-order chi connectivity index (χ0) is 24.4. The Morgan fingerprint density at radius 2 is 1.68 bits per heavy atom. The summed E-state index contributed by atoms with van der Waals surface area (Å²) in [5.41, 5.74) is 1.97. The van der Waals surface area contributed by atoms with Crippen molar-refractivity contribution in [2.24, 2.45) is 4.99 Å². The number of allylic oxidation sites excluding steroid dienone is 1. The first-order valence-electron chi connectivity index (χ1n) is 10.4. The number of methoxy groups -OCH3 is 4. The van der Waals surface area contributed by atoms with Gasteiger partial charge < -0.3 is 18.9 Å². The first kappa shape index (κ1) is 23.3. The molecule has 3 aromatic rings. The van der Waals surface area contributed by atoms with E-state index in [0.29, 0.717) is 43.4 Å². The summed E-state index contributed by atoms with van der Waals surface area (Å²) in [6, 6.07) is 11.9. The van der Waals surface area contributed by atoms with E-state index in [0.717, 1.165) is 5.56 Å². The Balaban J connectivity index is 1.96. The molecule has 0 radical (unpaired) electrons. The van der Waals surface area contributed by atoms with Crippen LogP contribution < -0.4 is 29.1 Å². The fourth-order valence-electron chi connectivity index (χ4n) is 3.89. The van der Waals surface area contributed by atoms with Gasteiger partial charge in [0, 0.05) is 5.56 Å². The Bertz CT molecular complexity index is 1450. The molecular formula is C25H24N2O6S. The SMILES string of the molecule is COC(=O)C1=C(C)N=c2s/c(=C\c3cc(OC)ccc3OC)c(=O)n2[C@@H]1c1ccc(OC)cc1. The Labute approximate surface area is 200 Å². The Kier molecular flexibility index (Phi) is 6.56. The normalized spacial score (nSPS) is 15.4. The second-order valence-corrected chi connectivity index (χ2v) is 8.46. The van der Waals surface area contributed by atoms with Crippen LogP contribution in [0.25, 0.3) is 6.08 Å². The number of esters is 1. The van der Waals surface area contributed by atoms with Crippen LogP contribution in [0, 0.1) is 0 Å². The van der Waals surface area contributed by atoms with E-state index in [1.165, 1.54) is 23.0 Å². The van der Waals surface area contributed by atoms with E-state index >= 15 is 0 Å². The lowest BCUT2D eigenvalue weighted by Crippen LogP contribution is -2.39. The minimum atomic E-state index is -0.691. The van der Waals surface area contributed by atoms with Gasteiger partial charge in [-0.25, -0.2) is 9.79 Å². The number of benzene rings is 2. The fourth-order valence-corrected chi connectivity index (χ4v) is 4.93. The van der Waals surface area contributed by atoms with Crippen LogP contribution >= 0.6 is 11.3 Å². The zero-order valence-electron chi connectivity index (χ0n) is 19.4. The van der Waals surface area contributed by atoms with Crippen LogP contribution in [0.1, 0.15) is 24.1 Å². The molecule has 1 aromatic heterocycles. The van der Waals surface area contributed by atoms with Gasteiger partial charge in [0.15, 0.2) is 4.80 Å². The van der Waals surface area contributed by atoms with Gasteiger partial charge in [0.2, 0.25) is 0 Å². The molecule has 0 aliphatic carbocycles. The number of aromatic nitrogens is 1. The van der Waals surface area contributed by atoms with Crippen LogP contribution in [-0.4, -0.2) is 39.0 Å². The molecule has 8 nitrogen and oxygen atoms in total. The largest absolute Gasteiger partial charge is 0.497 e. The maximum atomic E-state index is 13.7. The number of hydrogen-bond acceptors (Lipinski definition) is 8. The van der Waals surface area contributed by atoms with Crippen molar-refractivity contribution in [3.05, 3.63) is 84.5 Å². The van der Waals surface area contributed by atoms with Crippen molar-refractivity contribution in [3.8, 4) is 17.2 Å². The molecule has 176 valence electrons. The van der Waals surface area contributed by atoms with E-state index in [1.54, 1.807) is 64.7 Å². The quantitative estimate of drug-likeness (QED) is 0.504. The lowest BCUT2D eigenvalue weighted by atomic mass is 9.96. The first-order chi connectivity index (χ1) is 16.4. The zero-order valence-corrected chi connectivity index (χ0v) is 20.3. The number of carbonyl (C=O) groups is 1. The lowest BCUT2D eigenvalue weighted by molar-refractivity contribution is -0.136. The second-order valence-electron chi connectivity index (χ2n) is 7.45. The highest BCUT2D eigenvalue weighted by atomic mass is 32.1. The minimum absolute atomic E-state index is 0.275. The second kappa shape index (κ2) is 9.56. The van der Waals surface area contributed by atoms with Crippen LogP contribution in [0.4, 0.5) is 0 Å². The average Bonchev–Trinajstić information content (AvgIpc) is 3.16. The monoisotopic (exact) mass is 480 g/mol. The third-order valence-corrected chi connectivity index (χ3v) is 6.56. The summed E-state index contributed by atoms with van der Waals surface area (Å²) in [4.78, 5) is 31.4. The molecular weight excluding hydrogens is 456 g/mol. The maximum absolute atomic E-state index is 13.7. The molecule has 0 spiro atoms. The van der Waals surface area contributed by atoms with Gasteiger partial charge in [0.05, 0.1) is 50.3 Å². The molecule has 34 heavy (non-hydrogen) atoms. The van der Waals surface area contributed by atoms with Gasteiger partial charge in [-0.05, 0) is 48.9 Å². The van der Waals surface area contributed by atoms with E-state index in [2.05, 4.69) is 4.99 Å². The number of nitrogens with zero attached hydrogens (tertiary/aromatic N) is 2. The third-order valence-electron chi connectivity index (χ3n) is 5.58. The Hall–Kier alpha value is -3.85. The van der Waals surface area contributed by atoms with Gasteiger partial charge in [-0.15, -0.1) is 0 Å². The first-order valence-corrected chi connectivity index (χ1v) is 11.2. The van der Waals surface area contributed by atoms with E-state index in [4.69, 9.17) is 18.9 Å². The van der Waals surface area contributed by atoms with Gasteiger partial charge in [0.25, 0.3) is 5.56 Å². The molecule has 0 bridgehead atoms. The number of thiazole rings is 1. The summed E-state index contributed by atoms with van der Waals surface area (Å²) in [6.45, 7) is 1.74. The predicted molar refractivity (Wildman–Crippen MR) is 128 cm³/mol. The summed E-state index contributed by atoms with van der Waals surface area (Å²) < 4.78 is 23.1. The molecule has 0 saturated heterocycles. The number of hydrogen-bond donors (Lipinski definition) is 0. The number of ether oxygens (including phenoxy) is 4. The van der Waals surface area contributed by atoms with Crippen molar-refractivity contribution in [2.75, 3.05) is 28.4 Å². The van der Waals surface area contributed by atoms with Crippen LogP contribution in [0.15, 0.2) is 63.5 Å². The van der Waals surface area contributed by atoms with Crippen LogP contribution in [0.5, 0.6) is 17.2 Å². The molecule has 1 aliphatic rings. The summed E-state index contributed by atoms with van der Waals surface area (Å²) in [5, 5.41) is 0. The van der Waals surface area contributed by atoms with Crippen LogP contribution in [0.2, 0.25) is 0 Å². The van der Waals surface area contributed by atoms with Crippen LogP contribution in [0.3, 0.4) is 0 Å². The summed E-state index contributed by atoms with van der Waals surface area (Å²) in [6.07, 6.45) is 1.74. The molecule has 9 heteroatoms. The molecule has 0 amide bonds. The molecule has 0 unspecified atom stereocenters.